The van der Waals surface area contributed by atoms with Crippen LogP contribution in [0.2, 0.25) is 0 Å². The second-order valence-corrected chi connectivity index (χ2v) is 3.76. The molecule has 1 aliphatic heterocycles. The normalized spacial score (nSPS) is 20.7. The molecule has 1 heterocycles. The molecule has 0 spiro atoms. The van der Waals surface area contributed by atoms with Crippen molar-refractivity contribution in [3.8, 4) is 0 Å². The number of imide groups is 2. The average Bonchev–Trinajstić information content (AvgIpc) is 2.10. The van der Waals surface area contributed by atoms with Crippen LogP contribution in [0.3, 0.4) is 0 Å². The van der Waals surface area contributed by atoms with E-state index in [4.69, 9.17) is 0 Å². The second kappa shape index (κ2) is 3.84. The maximum atomic E-state index is 11.7. The molecule has 82 valence electrons. The number of nitrogens with one attached hydrogen (secondary N) is 2. The minimum Gasteiger partial charge on any atom is -0.277 e. The summed E-state index contributed by atoms with van der Waals surface area (Å²) in [6.45, 7) is 5.24. The van der Waals surface area contributed by atoms with E-state index in [1.165, 1.54) is 6.08 Å². The molecule has 1 rings (SSSR count). The maximum absolute atomic E-state index is 11.7. The lowest BCUT2D eigenvalue weighted by molar-refractivity contribution is -0.143. The van der Waals surface area contributed by atoms with Crippen LogP contribution in [0.5, 0.6) is 0 Å². The van der Waals surface area contributed by atoms with Crippen LogP contribution in [0.1, 0.15) is 20.8 Å². The van der Waals surface area contributed by atoms with Gasteiger partial charge in [0.25, 0.3) is 0 Å². The molecule has 15 heavy (non-hydrogen) atoms. The predicted octanol–water partition coefficient (Wildman–Crippen LogP) is 0.571. The molecule has 0 unspecified atom stereocenters. The summed E-state index contributed by atoms with van der Waals surface area (Å²) in [4.78, 5) is 34.4. The summed E-state index contributed by atoms with van der Waals surface area (Å²) in [7, 11) is 0. The van der Waals surface area contributed by atoms with E-state index in [0.29, 0.717) is 0 Å². The number of carbonyl (C=O) groups excluding carboxylic acids is 3. The summed E-state index contributed by atoms with van der Waals surface area (Å²) in [5, 5.41) is 4.21. The van der Waals surface area contributed by atoms with Gasteiger partial charge in [-0.25, -0.2) is 4.79 Å². The summed E-state index contributed by atoms with van der Waals surface area (Å²) in [5.41, 5.74) is -1.28. The molecular formula is C10H14N2O3. The Morgan fingerprint density at radius 3 is 1.93 bits per heavy atom. The van der Waals surface area contributed by atoms with Gasteiger partial charge in [-0.1, -0.05) is 26.0 Å². The molecule has 1 aliphatic rings. The van der Waals surface area contributed by atoms with E-state index in [1.54, 1.807) is 26.8 Å². The topological polar surface area (TPSA) is 75.3 Å². The summed E-state index contributed by atoms with van der Waals surface area (Å²) < 4.78 is 0. The van der Waals surface area contributed by atoms with E-state index in [9.17, 15) is 14.4 Å². The highest BCUT2D eigenvalue weighted by molar-refractivity contribution is 6.20. The number of hydrogen-bond donors (Lipinski definition) is 2. The predicted molar refractivity (Wildman–Crippen MR) is 53.8 cm³/mol. The van der Waals surface area contributed by atoms with Crippen LogP contribution in [0.4, 0.5) is 4.79 Å². The third-order valence-corrected chi connectivity index (χ3v) is 2.55. The van der Waals surface area contributed by atoms with Crippen LogP contribution in [0.25, 0.3) is 0 Å². The first-order chi connectivity index (χ1) is 6.95. The summed E-state index contributed by atoms with van der Waals surface area (Å²) >= 11 is 0. The first-order valence-electron chi connectivity index (χ1n) is 4.76. The fourth-order valence-corrected chi connectivity index (χ4v) is 1.68. The molecule has 1 fully saturated rings. The van der Waals surface area contributed by atoms with Gasteiger partial charge in [0.1, 0.15) is 5.41 Å². The Kier molecular flexibility index (Phi) is 2.93. The van der Waals surface area contributed by atoms with E-state index < -0.39 is 23.3 Å². The van der Waals surface area contributed by atoms with Crippen molar-refractivity contribution in [2.24, 2.45) is 11.3 Å². The minimum absolute atomic E-state index is 0.221. The summed E-state index contributed by atoms with van der Waals surface area (Å²) in [6, 6.07) is -0.759. The smallest absolute Gasteiger partial charge is 0.277 e. The van der Waals surface area contributed by atoms with Gasteiger partial charge in [-0.3, -0.25) is 20.2 Å². The lowest BCUT2D eigenvalue weighted by atomic mass is 9.74. The molecule has 5 nitrogen and oxygen atoms in total. The molecular weight excluding hydrogens is 196 g/mol. The number of hydrogen-bond acceptors (Lipinski definition) is 3. The highest BCUT2D eigenvalue weighted by Gasteiger charge is 2.50. The molecule has 0 aromatic heterocycles. The molecule has 1 saturated heterocycles. The fourth-order valence-electron chi connectivity index (χ4n) is 1.68. The number of amides is 4. The van der Waals surface area contributed by atoms with Crippen molar-refractivity contribution in [2.75, 3.05) is 0 Å². The molecule has 0 bridgehead atoms. The van der Waals surface area contributed by atoms with Crippen LogP contribution in [0, 0.1) is 11.3 Å². The third-order valence-electron chi connectivity index (χ3n) is 2.55. The zero-order valence-electron chi connectivity index (χ0n) is 8.96. The molecule has 0 saturated carbocycles. The van der Waals surface area contributed by atoms with Crippen LogP contribution in [-0.2, 0) is 9.59 Å². The van der Waals surface area contributed by atoms with Crippen LogP contribution in [-0.4, -0.2) is 17.8 Å². The van der Waals surface area contributed by atoms with Gasteiger partial charge in [-0.15, -0.1) is 0 Å². The average molecular weight is 210 g/mol. The van der Waals surface area contributed by atoms with Crippen molar-refractivity contribution in [2.45, 2.75) is 20.8 Å². The number of barbiturate groups is 1. The largest absolute Gasteiger partial charge is 0.328 e. The Labute approximate surface area is 87.9 Å². The molecule has 0 aromatic carbocycles. The third kappa shape index (κ3) is 1.65. The number of urea groups is 1. The Bertz CT molecular complexity index is 325. The first-order valence-corrected chi connectivity index (χ1v) is 4.76. The van der Waals surface area contributed by atoms with Gasteiger partial charge in [0.05, 0.1) is 0 Å². The van der Waals surface area contributed by atoms with Crippen molar-refractivity contribution in [1.82, 2.24) is 10.6 Å². The van der Waals surface area contributed by atoms with Crippen molar-refractivity contribution >= 4 is 17.8 Å². The van der Waals surface area contributed by atoms with Crippen molar-refractivity contribution < 1.29 is 14.4 Å². The highest BCUT2D eigenvalue weighted by atomic mass is 16.2. The van der Waals surface area contributed by atoms with Crippen molar-refractivity contribution in [3.63, 3.8) is 0 Å². The molecule has 2 N–H and O–H groups in total. The monoisotopic (exact) mass is 210 g/mol. The number of carbonyl (C=O) groups is 3. The molecule has 0 aromatic rings. The molecule has 0 atom stereocenters. The van der Waals surface area contributed by atoms with E-state index in [-0.39, 0.29) is 5.92 Å². The second-order valence-electron chi connectivity index (χ2n) is 3.76. The van der Waals surface area contributed by atoms with E-state index in [1.807, 2.05) is 0 Å². The Morgan fingerprint density at radius 1 is 1.13 bits per heavy atom. The van der Waals surface area contributed by atoms with Gasteiger partial charge in [-0.2, -0.15) is 0 Å². The van der Waals surface area contributed by atoms with E-state index in [0.717, 1.165) is 0 Å². The van der Waals surface area contributed by atoms with E-state index >= 15 is 0 Å². The quantitative estimate of drug-likeness (QED) is 0.517. The molecule has 5 heteroatoms. The summed E-state index contributed by atoms with van der Waals surface area (Å²) in [5.74, 6) is -1.35. The zero-order valence-corrected chi connectivity index (χ0v) is 8.96. The van der Waals surface area contributed by atoms with E-state index in [2.05, 4.69) is 10.6 Å². The van der Waals surface area contributed by atoms with Crippen LogP contribution >= 0.6 is 0 Å². The maximum Gasteiger partial charge on any atom is 0.328 e. The van der Waals surface area contributed by atoms with Gasteiger partial charge in [0, 0.05) is 0 Å². The Morgan fingerprint density at radius 2 is 1.60 bits per heavy atom. The van der Waals surface area contributed by atoms with Gasteiger partial charge >= 0.3 is 6.03 Å². The van der Waals surface area contributed by atoms with Crippen molar-refractivity contribution in [3.05, 3.63) is 12.2 Å². The standard InChI is InChI=1S/C10H14N2O3/c1-4-5-10(6(2)3)7(13)11-9(15)12-8(10)14/h4-6H,1-3H3,(H2,11,12,13,14,15)/b5-4-. The lowest BCUT2D eigenvalue weighted by Crippen LogP contribution is -2.63. The van der Waals surface area contributed by atoms with Crippen LogP contribution in [0.15, 0.2) is 12.2 Å². The minimum atomic E-state index is -1.28. The van der Waals surface area contributed by atoms with Crippen LogP contribution < -0.4 is 10.6 Å². The van der Waals surface area contributed by atoms with Gasteiger partial charge in [-0.05, 0) is 12.8 Å². The first kappa shape index (κ1) is 11.4. The Hall–Kier alpha value is -1.65. The molecule has 4 amide bonds. The van der Waals surface area contributed by atoms with Gasteiger partial charge in [0.2, 0.25) is 11.8 Å². The molecule has 0 aliphatic carbocycles. The molecule has 0 radical (unpaired) electrons. The number of rotatable bonds is 2. The number of allylic oxidation sites excluding steroid dienone is 1. The van der Waals surface area contributed by atoms with Crippen molar-refractivity contribution in [1.29, 1.82) is 0 Å². The van der Waals surface area contributed by atoms with Gasteiger partial charge < -0.3 is 0 Å². The summed E-state index contributed by atoms with van der Waals surface area (Å²) in [6.07, 6.45) is 3.16. The fraction of sp³-hybridized carbons (Fsp3) is 0.500. The SMILES string of the molecule is C/C=C\C1(C(C)C)C(=O)NC(=O)NC1=O. The van der Waals surface area contributed by atoms with Gasteiger partial charge in [0.15, 0.2) is 0 Å². The zero-order chi connectivity index (χ0) is 11.6. The Balaban J connectivity index is 3.21. The lowest BCUT2D eigenvalue weighted by Gasteiger charge is -2.34. The highest BCUT2D eigenvalue weighted by Crippen LogP contribution is 2.31.